The number of rotatable bonds is 6. The molecule has 1 atom stereocenters. The van der Waals surface area contributed by atoms with Crippen molar-refractivity contribution in [3.05, 3.63) is 89.7 Å². The van der Waals surface area contributed by atoms with Crippen LogP contribution in [-0.2, 0) is 22.3 Å². The summed E-state index contributed by atoms with van der Waals surface area (Å²) < 4.78 is 58.1. The van der Waals surface area contributed by atoms with E-state index in [9.17, 15) is 27.2 Å². The molecule has 4 rings (SSSR count). The maximum absolute atomic E-state index is 13.3. The summed E-state index contributed by atoms with van der Waals surface area (Å²) >= 11 is 0.972. The van der Waals surface area contributed by atoms with E-state index >= 15 is 0 Å². The van der Waals surface area contributed by atoms with E-state index in [1.807, 2.05) is 0 Å². The summed E-state index contributed by atoms with van der Waals surface area (Å²) in [5.74, 6) is -0.742. The Morgan fingerprint density at radius 1 is 1.11 bits per heavy atom. The molecule has 1 unspecified atom stereocenters. The number of amidine groups is 1. The number of alkyl halides is 3. The molecule has 1 aliphatic rings. The van der Waals surface area contributed by atoms with Crippen LogP contribution in [0, 0.1) is 5.82 Å². The first-order valence-electron chi connectivity index (χ1n) is 11.0. The summed E-state index contributed by atoms with van der Waals surface area (Å²) in [6.45, 7) is 0.0106. The lowest BCUT2D eigenvalue weighted by atomic mass is 10.2. The molecule has 0 spiro atoms. The number of thioether (sulfide) groups is 1. The number of nitrogens with zero attached hydrogens (tertiary/aromatic N) is 2. The van der Waals surface area contributed by atoms with Crippen LogP contribution in [0.15, 0.2) is 77.8 Å². The van der Waals surface area contributed by atoms with E-state index in [-0.39, 0.29) is 23.8 Å². The molecule has 0 radical (unpaired) electrons. The highest BCUT2D eigenvalue weighted by molar-refractivity contribution is 8.15. The van der Waals surface area contributed by atoms with Gasteiger partial charge in [-0.15, -0.1) is 0 Å². The minimum absolute atomic E-state index is 0.0106. The van der Waals surface area contributed by atoms with E-state index in [1.54, 1.807) is 24.3 Å². The van der Waals surface area contributed by atoms with Gasteiger partial charge in [0.25, 0.3) is 0 Å². The summed E-state index contributed by atoms with van der Waals surface area (Å²) in [6, 6.07) is 16.5. The van der Waals surface area contributed by atoms with Crippen LogP contribution < -0.4 is 10.1 Å². The van der Waals surface area contributed by atoms with Gasteiger partial charge in [-0.05, 0) is 60.2 Å². The molecule has 0 saturated carbocycles. The lowest BCUT2D eigenvalue weighted by Gasteiger charge is -2.32. The molecule has 0 aliphatic carbocycles. The van der Waals surface area contributed by atoms with Gasteiger partial charge in [-0.3, -0.25) is 14.5 Å². The number of nitrogens with one attached hydrogen (secondary N) is 1. The number of amides is 2. The Morgan fingerprint density at radius 2 is 1.81 bits per heavy atom. The van der Waals surface area contributed by atoms with Crippen molar-refractivity contribution in [2.24, 2.45) is 4.99 Å². The van der Waals surface area contributed by atoms with Gasteiger partial charge in [-0.1, -0.05) is 30.0 Å². The third-order valence-corrected chi connectivity index (χ3v) is 6.63. The fourth-order valence-electron chi connectivity index (χ4n) is 3.53. The smallest absolute Gasteiger partial charge is 0.416 e. The molecule has 37 heavy (non-hydrogen) atoms. The fourth-order valence-corrected chi connectivity index (χ4v) is 4.63. The van der Waals surface area contributed by atoms with Gasteiger partial charge in [0.05, 0.1) is 24.9 Å². The summed E-state index contributed by atoms with van der Waals surface area (Å²) in [5, 5.41) is 1.93. The van der Waals surface area contributed by atoms with Crippen LogP contribution in [0.4, 0.5) is 28.9 Å². The van der Waals surface area contributed by atoms with Crippen LogP contribution in [0.3, 0.4) is 0 Å². The van der Waals surface area contributed by atoms with Crippen molar-refractivity contribution in [2.75, 3.05) is 12.4 Å². The molecule has 192 valence electrons. The Kier molecular flexibility index (Phi) is 7.82. The second kappa shape index (κ2) is 11.0. The van der Waals surface area contributed by atoms with Crippen molar-refractivity contribution >= 4 is 40.1 Å². The monoisotopic (exact) mass is 531 g/mol. The third kappa shape index (κ3) is 6.67. The van der Waals surface area contributed by atoms with Gasteiger partial charge < -0.3 is 10.1 Å². The van der Waals surface area contributed by atoms with Gasteiger partial charge in [-0.25, -0.2) is 9.38 Å². The highest BCUT2D eigenvalue weighted by atomic mass is 32.2. The largest absolute Gasteiger partial charge is 0.497 e. The number of carbonyl (C=O) groups excluding carboxylic acids is 2. The standard InChI is InChI=1S/C26H21F4N3O3S/c1-36-21-11-9-19(10-12-21)31-24(35)22-14-23(34)33(15-16-5-7-18(27)8-6-16)25(37-22)32-20-4-2-3-17(13-20)26(28,29)30/h2-13,22H,14-15H2,1H3,(H,31,35). The second-order valence-corrected chi connectivity index (χ2v) is 9.25. The van der Waals surface area contributed by atoms with E-state index in [1.165, 1.54) is 48.4 Å². The van der Waals surface area contributed by atoms with Crippen LogP contribution >= 0.6 is 11.8 Å². The van der Waals surface area contributed by atoms with Crippen LogP contribution in [0.1, 0.15) is 17.5 Å². The zero-order valence-electron chi connectivity index (χ0n) is 19.5. The van der Waals surface area contributed by atoms with Crippen molar-refractivity contribution in [1.82, 2.24) is 4.90 Å². The normalized spacial score (nSPS) is 17.1. The first-order valence-corrected chi connectivity index (χ1v) is 11.9. The number of halogens is 4. The van der Waals surface area contributed by atoms with Crippen molar-refractivity contribution < 1.29 is 31.9 Å². The summed E-state index contributed by atoms with van der Waals surface area (Å²) in [5.41, 5.74) is 0.169. The van der Waals surface area contributed by atoms with Crippen molar-refractivity contribution in [3.8, 4) is 5.75 Å². The topological polar surface area (TPSA) is 71.0 Å². The average Bonchev–Trinajstić information content (AvgIpc) is 2.87. The Labute approximate surface area is 214 Å². The minimum atomic E-state index is -4.57. The van der Waals surface area contributed by atoms with Crippen LogP contribution in [0.5, 0.6) is 5.75 Å². The van der Waals surface area contributed by atoms with E-state index in [4.69, 9.17) is 4.74 Å². The van der Waals surface area contributed by atoms with Gasteiger partial charge in [0.15, 0.2) is 5.17 Å². The van der Waals surface area contributed by atoms with Crippen LogP contribution in [0.25, 0.3) is 0 Å². The second-order valence-electron chi connectivity index (χ2n) is 8.08. The number of ether oxygens (including phenoxy) is 1. The predicted octanol–water partition coefficient (Wildman–Crippen LogP) is 6.01. The molecule has 1 N–H and O–H groups in total. The lowest BCUT2D eigenvalue weighted by molar-refractivity contribution is -0.137. The molecule has 1 aliphatic heterocycles. The zero-order valence-corrected chi connectivity index (χ0v) is 20.3. The average molecular weight is 532 g/mol. The van der Waals surface area contributed by atoms with Gasteiger partial charge in [0, 0.05) is 12.1 Å². The molecule has 1 fully saturated rings. The van der Waals surface area contributed by atoms with E-state index in [0.717, 1.165) is 23.9 Å². The highest BCUT2D eigenvalue weighted by Gasteiger charge is 2.36. The SMILES string of the molecule is COc1ccc(NC(=O)C2CC(=O)N(Cc3ccc(F)cc3)C(=Nc3cccc(C(F)(F)F)c3)S2)cc1. The molecule has 0 bridgehead atoms. The predicted molar refractivity (Wildman–Crippen MR) is 133 cm³/mol. The number of aliphatic imine (C=N–C) groups is 1. The number of carbonyl (C=O) groups is 2. The molecule has 2 amide bonds. The lowest BCUT2D eigenvalue weighted by Crippen LogP contribution is -2.44. The summed E-state index contributed by atoms with van der Waals surface area (Å²) in [6.07, 6.45) is -4.73. The Morgan fingerprint density at radius 3 is 2.46 bits per heavy atom. The number of hydrogen-bond donors (Lipinski definition) is 1. The van der Waals surface area contributed by atoms with Gasteiger partial charge >= 0.3 is 6.18 Å². The van der Waals surface area contributed by atoms with E-state index in [0.29, 0.717) is 17.0 Å². The molecule has 1 heterocycles. The van der Waals surface area contributed by atoms with Gasteiger partial charge in [0.1, 0.15) is 16.8 Å². The molecular weight excluding hydrogens is 510 g/mol. The molecule has 6 nitrogen and oxygen atoms in total. The maximum atomic E-state index is 13.3. The number of methoxy groups -OCH3 is 1. The van der Waals surface area contributed by atoms with E-state index in [2.05, 4.69) is 10.3 Å². The first kappa shape index (κ1) is 26.2. The Balaban J connectivity index is 1.62. The molecule has 3 aromatic rings. The van der Waals surface area contributed by atoms with E-state index < -0.39 is 34.6 Å². The number of hydrogen-bond acceptors (Lipinski definition) is 5. The zero-order chi connectivity index (χ0) is 26.6. The minimum Gasteiger partial charge on any atom is -0.497 e. The number of anilines is 1. The Bertz CT molecular complexity index is 1310. The van der Waals surface area contributed by atoms with Gasteiger partial charge in [0.2, 0.25) is 11.8 Å². The summed E-state index contributed by atoms with van der Waals surface area (Å²) in [4.78, 5) is 31.7. The first-order chi connectivity index (χ1) is 17.6. The summed E-state index contributed by atoms with van der Waals surface area (Å²) in [7, 11) is 1.51. The molecule has 11 heteroatoms. The maximum Gasteiger partial charge on any atom is 0.416 e. The van der Waals surface area contributed by atoms with Gasteiger partial charge in [-0.2, -0.15) is 13.2 Å². The highest BCUT2D eigenvalue weighted by Crippen LogP contribution is 2.34. The molecular formula is C26H21F4N3O3S. The quantitative estimate of drug-likeness (QED) is 0.396. The van der Waals surface area contributed by atoms with Crippen molar-refractivity contribution in [2.45, 2.75) is 24.4 Å². The van der Waals surface area contributed by atoms with Crippen molar-refractivity contribution in [1.29, 1.82) is 0 Å². The number of benzene rings is 3. The van der Waals surface area contributed by atoms with Crippen LogP contribution in [-0.4, -0.2) is 34.2 Å². The van der Waals surface area contributed by atoms with Crippen molar-refractivity contribution in [3.63, 3.8) is 0 Å². The fraction of sp³-hybridized carbons (Fsp3) is 0.192. The molecule has 0 aromatic heterocycles. The third-order valence-electron chi connectivity index (χ3n) is 5.44. The molecule has 3 aromatic carbocycles. The molecule has 1 saturated heterocycles. The Hall–Kier alpha value is -3.86. The van der Waals surface area contributed by atoms with Crippen LogP contribution in [0.2, 0.25) is 0 Å².